The first-order valence-electron chi connectivity index (χ1n) is 10.1. The van der Waals surface area contributed by atoms with Crippen LogP contribution in [0.5, 0.6) is 0 Å². The van der Waals surface area contributed by atoms with Crippen molar-refractivity contribution in [3.05, 3.63) is 70.8 Å². The molecule has 6 nitrogen and oxygen atoms in total. The number of esters is 1. The molecule has 1 heterocycles. The molecule has 2 aliphatic rings. The molecule has 1 aliphatic heterocycles. The van der Waals surface area contributed by atoms with E-state index >= 15 is 0 Å². The van der Waals surface area contributed by atoms with Gasteiger partial charge in [-0.3, -0.25) is 9.10 Å². The third-order valence-electron chi connectivity index (χ3n) is 6.60. The summed E-state index contributed by atoms with van der Waals surface area (Å²) in [5.74, 6) is -1.66. The molecule has 2 atom stereocenters. The standard InChI is InChI=1S/C24H25NO5S/c1-15-9-11-18(12-10-15)31(28,29)25-20-8-6-5-7-19(20)24(22(26)23(27)30-4)14-17(3)16(2)13-21(24)25/h5-12,21H,13-14H2,1-4H3/t21-,24+/m0/s1. The van der Waals surface area contributed by atoms with Crippen molar-refractivity contribution < 1.29 is 22.7 Å². The molecule has 0 radical (unpaired) electrons. The minimum Gasteiger partial charge on any atom is -0.463 e. The van der Waals surface area contributed by atoms with Crippen LogP contribution in [0.1, 0.15) is 37.8 Å². The van der Waals surface area contributed by atoms with Gasteiger partial charge in [-0.2, -0.15) is 0 Å². The summed E-state index contributed by atoms with van der Waals surface area (Å²) in [7, 11) is -2.81. The van der Waals surface area contributed by atoms with Crippen molar-refractivity contribution in [2.24, 2.45) is 0 Å². The molecule has 0 spiro atoms. The molecule has 0 N–H and O–H groups in total. The summed E-state index contributed by atoms with van der Waals surface area (Å²) in [6.07, 6.45) is 0.628. The van der Waals surface area contributed by atoms with Crippen LogP contribution in [-0.2, 0) is 29.8 Å². The topological polar surface area (TPSA) is 80.8 Å². The van der Waals surface area contributed by atoms with Gasteiger partial charge in [0.05, 0.1) is 29.1 Å². The molecule has 4 rings (SSSR count). The number of hydrogen-bond donors (Lipinski definition) is 0. The lowest BCUT2D eigenvalue weighted by Gasteiger charge is -2.41. The maximum Gasteiger partial charge on any atom is 0.375 e. The fraction of sp³-hybridized carbons (Fsp3) is 0.333. The van der Waals surface area contributed by atoms with Gasteiger partial charge >= 0.3 is 5.97 Å². The molecular formula is C24H25NO5S. The average molecular weight is 440 g/mol. The van der Waals surface area contributed by atoms with Gasteiger partial charge in [0, 0.05) is 0 Å². The number of aryl methyl sites for hydroxylation is 1. The number of ether oxygens (including phenoxy) is 1. The van der Waals surface area contributed by atoms with E-state index < -0.39 is 33.2 Å². The second-order valence-electron chi connectivity index (χ2n) is 8.38. The van der Waals surface area contributed by atoms with E-state index in [0.29, 0.717) is 17.7 Å². The number of methoxy groups -OCH3 is 1. The monoisotopic (exact) mass is 439 g/mol. The molecular weight excluding hydrogens is 414 g/mol. The Balaban J connectivity index is 2.00. The van der Waals surface area contributed by atoms with Gasteiger partial charge in [0.25, 0.3) is 15.8 Å². The second kappa shape index (κ2) is 7.34. The van der Waals surface area contributed by atoms with Crippen molar-refractivity contribution >= 4 is 27.5 Å². The molecule has 0 aromatic heterocycles. The zero-order valence-corrected chi connectivity index (χ0v) is 18.8. The number of anilines is 1. The number of carbonyl (C=O) groups is 2. The number of Topliss-reactive ketones (excluding diaryl/α,β-unsaturated/α-hetero) is 1. The zero-order chi connectivity index (χ0) is 22.6. The Morgan fingerprint density at radius 3 is 2.29 bits per heavy atom. The summed E-state index contributed by atoms with van der Waals surface area (Å²) in [5, 5.41) is 0. The number of hydrogen-bond acceptors (Lipinski definition) is 5. The molecule has 7 heteroatoms. The van der Waals surface area contributed by atoms with Crippen molar-refractivity contribution in [2.75, 3.05) is 11.4 Å². The Bertz CT molecular complexity index is 1210. The number of para-hydroxylation sites is 1. The molecule has 0 saturated heterocycles. The van der Waals surface area contributed by atoms with Gasteiger partial charge in [0.15, 0.2) is 0 Å². The molecule has 0 unspecified atom stereocenters. The van der Waals surface area contributed by atoms with Crippen molar-refractivity contribution in [3.63, 3.8) is 0 Å². The second-order valence-corrected chi connectivity index (χ2v) is 10.2. The van der Waals surface area contributed by atoms with Crippen LogP contribution >= 0.6 is 0 Å². The number of carbonyl (C=O) groups excluding carboxylic acids is 2. The molecule has 0 bridgehead atoms. The normalized spacial score (nSPS) is 22.7. The van der Waals surface area contributed by atoms with E-state index in [1.54, 1.807) is 48.5 Å². The zero-order valence-electron chi connectivity index (χ0n) is 18.0. The van der Waals surface area contributed by atoms with Crippen molar-refractivity contribution in [1.82, 2.24) is 0 Å². The van der Waals surface area contributed by atoms with Crippen LogP contribution in [0, 0.1) is 6.92 Å². The predicted molar refractivity (Wildman–Crippen MR) is 117 cm³/mol. The molecule has 162 valence electrons. The number of rotatable bonds is 4. The maximum atomic E-state index is 13.8. The smallest absolute Gasteiger partial charge is 0.375 e. The molecule has 0 saturated carbocycles. The highest BCUT2D eigenvalue weighted by Crippen LogP contribution is 2.55. The number of nitrogens with zero attached hydrogens (tertiary/aromatic N) is 1. The largest absolute Gasteiger partial charge is 0.463 e. The Labute approximate surface area is 182 Å². The molecule has 2 aromatic carbocycles. The Morgan fingerprint density at radius 2 is 1.65 bits per heavy atom. The van der Waals surface area contributed by atoms with Crippen LogP contribution in [0.25, 0.3) is 0 Å². The van der Waals surface area contributed by atoms with Gasteiger partial charge in [-0.1, -0.05) is 47.0 Å². The van der Waals surface area contributed by atoms with Gasteiger partial charge < -0.3 is 4.74 Å². The Kier molecular flexibility index (Phi) is 5.04. The lowest BCUT2D eigenvalue weighted by Crippen LogP contribution is -2.55. The Morgan fingerprint density at radius 1 is 1.00 bits per heavy atom. The first kappa shape index (κ1) is 21.3. The fourth-order valence-electron chi connectivity index (χ4n) is 4.84. The highest BCUT2D eigenvalue weighted by molar-refractivity contribution is 7.93. The fourth-order valence-corrected chi connectivity index (χ4v) is 6.56. The first-order chi connectivity index (χ1) is 14.6. The summed E-state index contributed by atoms with van der Waals surface area (Å²) in [4.78, 5) is 26.1. The van der Waals surface area contributed by atoms with Crippen LogP contribution in [0.15, 0.2) is 64.6 Å². The van der Waals surface area contributed by atoms with Gasteiger partial charge in [-0.15, -0.1) is 0 Å². The van der Waals surface area contributed by atoms with Crippen LogP contribution < -0.4 is 4.31 Å². The van der Waals surface area contributed by atoms with Crippen LogP contribution in [0.3, 0.4) is 0 Å². The number of fused-ring (bicyclic) bond motifs is 3. The van der Waals surface area contributed by atoms with Gasteiger partial charge in [0.1, 0.15) is 0 Å². The van der Waals surface area contributed by atoms with Crippen LogP contribution in [-0.4, -0.2) is 33.3 Å². The third-order valence-corrected chi connectivity index (χ3v) is 8.44. The summed E-state index contributed by atoms with van der Waals surface area (Å²) in [6.45, 7) is 5.76. The summed E-state index contributed by atoms with van der Waals surface area (Å²) in [6, 6.07) is 12.9. The van der Waals surface area contributed by atoms with E-state index in [0.717, 1.165) is 16.7 Å². The average Bonchev–Trinajstić information content (AvgIpc) is 3.04. The SMILES string of the molecule is COC(=O)C(=O)[C@@]12CC(C)=C(C)C[C@@H]1N(S(=O)(=O)c1ccc(C)cc1)c1ccccc12. The molecule has 2 aromatic rings. The van der Waals surface area contributed by atoms with Gasteiger partial charge in [0.2, 0.25) is 0 Å². The van der Waals surface area contributed by atoms with Crippen molar-refractivity contribution in [2.45, 2.75) is 50.0 Å². The minimum atomic E-state index is -3.98. The van der Waals surface area contributed by atoms with Crippen molar-refractivity contribution in [1.29, 1.82) is 0 Å². The molecule has 0 amide bonds. The van der Waals surface area contributed by atoms with E-state index in [1.165, 1.54) is 11.4 Å². The third kappa shape index (κ3) is 3.02. The highest BCUT2D eigenvalue weighted by atomic mass is 32.2. The quantitative estimate of drug-likeness (QED) is 0.412. The number of allylic oxidation sites excluding steroid dienone is 1. The van der Waals surface area contributed by atoms with E-state index in [4.69, 9.17) is 4.74 Å². The van der Waals surface area contributed by atoms with Gasteiger partial charge in [-0.25, -0.2) is 13.2 Å². The minimum absolute atomic E-state index is 0.151. The molecule has 31 heavy (non-hydrogen) atoms. The summed E-state index contributed by atoms with van der Waals surface area (Å²) >= 11 is 0. The van der Waals surface area contributed by atoms with E-state index in [9.17, 15) is 18.0 Å². The maximum absolute atomic E-state index is 13.8. The van der Waals surface area contributed by atoms with E-state index in [1.807, 2.05) is 20.8 Å². The number of ketones is 1. The van der Waals surface area contributed by atoms with Crippen molar-refractivity contribution in [3.8, 4) is 0 Å². The number of benzene rings is 2. The van der Waals surface area contributed by atoms with Gasteiger partial charge in [-0.05, 0) is 57.4 Å². The number of sulfonamides is 1. The molecule has 1 aliphatic carbocycles. The predicted octanol–water partition coefficient (Wildman–Crippen LogP) is 3.68. The first-order valence-corrected chi connectivity index (χ1v) is 11.6. The highest BCUT2D eigenvalue weighted by Gasteiger charge is 2.61. The van der Waals surface area contributed by atoms with E-state index in [2.05, 4.69) is 0 Å². The van der Waals surface area contributed by atoms with Crippen LogP contribution in [0.4, 0.5) is 5.69 Å². The molecule has 0 fully saturated rings. The van der Waals surface area contributed by atoms with E-state index in [-0.39, 0.29) is 11.3 Å². The lowest BCUT2D eigenvalue weighted by atomic mass is 9.64. The van der Waals surface area contributed by atoms with Crippen LogP contribution in [0.2, 0.25) is 0 Å². The Hall–Kier alpha value is -2.93. The lowest BCUT2D eigenvalue weighted by molar-refractivity contribution is -0.154. The summed E-state index contributed by atoms with van der Waals surface area (Å²) < 4.78 is 33.8. The summed E-state index contributed by atoms with van der Waals surface area (Å²) in [5.41, 5.74) is 2.63.